The third kappa shape index (κ3) is 2.19. The lowest BCUT2D eigenvalue weighted by Gasteiger charge is -2.52. The van der Waals surface area contributed by atoms with Gasteiger partial charge in [0.15, 0.2) is 0 Å². The molecule has 0 saturated heterocycles. The number of isocyanates is 1. The second-order valence-corrected chi connectivity index (χ2v) is 6.80. The standard InChI is InChI=1S/C16H25NO/c1-11(2)13-7-9-16(4)8-5-6-12(3)14(16)15(13)17-10-18/h11,13-15H,3,5-9H2,1-2,4H3/t13-,14+,15-,16+/m0/s1. The van der Waals surface area contributed by atoms with Crippen molar-refractivity contribution in [1.29, 1.82) is 0 Å². The summed E-state index contributed by atoms with van der Waals surface area (Å²) in [5.41, 5.74) is 1.63. The molecule has 0 aromatic heterocycles. The first-order valence-corrected chi connectivity index (χ1v) is 7.24. The summed E-state index contributed by atoms with van der Waals surface area (Å²) in [5.74, 6) is 1.49. The van der Waals surface area contributed by atoms with Gasteiger partial charge in [0.2, 0.25) is 6.08 Å². The van der Waals surface area contributed by atoms with Crippen LogP contribution in [0.25, 0.3) is 0 Å². The molecule has 2 rings (SSSR count). The number of carbonyl (C=O) groups excluding carboxylic acids is 1. The molecule has 18 heavy (non-hydrogen) atoms. The number of fused-ring (bicyclic) bond motifs is 1. The molecule has 0 aromatic rings. The first kappa shape index (κ1) is 13.5. The van der Waals surface area contributed by atoms with Gasteiger partial charge in [0.25, 0.3) is 0 Å². The molecule has 100 valence electrons. The molecule has 0 unspecified atom stereocenters. The van der Waals surface area contributed by atoms with Gasteiger partial charge in [0, 0.05) is 5.92 Å². The molecule has 2 aliphatic carbocycles. The molecule has 4 atom stereocenters. The van der Waals surface area contributed by atoms with E-state index in [1.807, 2.05) is 6.08 Å². The number of aliphatic imine (C=N–C) groups is 1. The summed E-state index contributed by atoms with van der Waals surface area (Å²) >= 11 is 0. The van der Waals surface area contributed by atoms with Crippen LogP contribution in [0.5, 0.6) is 0 Å². The summed E-state index contributed by atoms with van der Waals surface area (Å²) in [4.78, 5) is 15.0. The van der Waals surface area contributed by atoms with E-state index in [0.717, 1.165) is 6.42 Å². The van der Waals surface area contributed by atoms with Gasteiger partial charge in [-0.3, -0.25) is 0 Å². The zero-order valence-corrected chi connectivity index (χ0v) is 11.9. The van der Waals surface area contributed by atoms with E-state index in [0.29, 0.717) is 23.2 Å². The zero-order chi connectivity index (χ0) is 13.3. The van der Waals surface area contributed by atoms with Crippen LogP contribution in [0, 0.1) is 23.2 Å². The summed E-state index contributed by atoms with van der Waals surface area (Å²) < 4.78 is 0. The maximum atomic E-state index is 10.8. The van der Waals surface area contributed by atoms with Crippen LogP contribution < -0.4 is 0 Å². The Morgan fingerprint density at radius 1 is 1.44 bits per heavy atom. The highest BCUT2D eigenvalue weighted by Gasteiger charge is 2.49. The Labute approximate surface area is 111 Å². The van der Waals surface area contributed by atoms with E-state index in [4.69, 9.17) is 0 Å². The van der Waals surface area contributed by atoms with Crippen LogP contribution in [-0.2, 0) is 4.79 Å². The average molecular weight is 247 g/mol. The van der Waals surface area contributed by atoms with E-state index in [2.05, 4.69) is 32.3 Å². The molecule has 0 amide bonds. The highest BCUT2D eigenvalue weighted by atomic mass is 16.1. The average Bonchev–Trinajstić information content (AvgIpc) is 2.28. The summed E-state index contributed by atoms with van der Waals surface area (Å²) in [6, 6.07) is 0.119. The van der Waals surface area contributed by atoms with E-state index in [-0.39, 0.29) is 6.04 Å². The van der Waals surface area contributed by atoms with E-state index >= 15 is 0 Å². The largest absolute Gasteiger partial charge is 0.235 e. The van der Waals surface area contributed by atoms with Crippen LogP contribution in [0.2, 0.25) is 0 Å². The summed E-state index contributed by atoms with van der Waals surface area (Å²) in [6.07, 6.45) is 7.88. The van der Waals surface area contributed by atoms with Crippen molar-refractivity contribution < 1.29 is 4.79 Å². The first-order valence-electron chi connectivity index (χ1n) is 7.24. The molecule has 2 fully saturated rings. The topological polar surface area (TPSA) is 29.4 Å². The highest BCUT2D eigenvalue weighted by molar-refractivity contribution is 5.35. The van der Waals surface area contributed by atoms with E-state index in [1.165, 1.54) is 31.3 Å². The van der Waals surface area contributed by atoms with E-state index in [9.17, 15) is 4.79 Å². The van der Waals surface area contributed by atoms with Crippen LogP contribution in [0.3, 0.4) is 0 Å². The predicted octanol–water partition coefficient (Wildman–Crippen LogP) is 4.12. The number of hydrogen-bond donors (Lipinski definition) is 0. The lowest BCUT2D eigenvalue weighted by molar-refractivity contribution is 0.0381. The molecule has 0 heterocycles. The van der Waals surface area contributed by atoms with Crippen molar-refractivity contribution in [2.75, 3.05) is 0 Å². The van der Waals surface area contributed by atoms with Crippen molar-refractivity contribution in [2.24, 2.45) is 28.2 Å². The third-order valence-corrected chi connectivity index (χ3v) is 5.32. The van der Waals surface area contributed by atoms with Crippen molar-refractivity contribution in [3.63, 3.8) is 0 Å². The summed E-state index contributed by atoms with van der Waals surface area (Å²) in [6.45, 7) is 11.1. The molecule has 0 N–H and O–H groups in total. The fraction of sp³-hybridized carbons (Fsp3) is 0.812. The third-order valence-electron chi connectivity index (χ3n) is 5.32. The molecule has 0 spiro atoms. The van der Waals surface area contributed by atoms with Gasteiger partial charge in [-0.2, -0.15) is 0 Å². The Balaban J connectivity index is 2.36. The molecule has 2 nitrogen and oxygen atoms in total. The molecule has 2 aliphatic rings. The maximum Gasteiger partial charge on any atom is 0.235 e. The first-order chi connectivity index (χ1) is 8.49. The Bertz CT molecular complexity index is 381. The molecular formula is C16H25NO. The minimum absolute atomic E-state index is 0.119. The van der Waals surface area contributed by atoms with Crippen molar-refractivity contribution in [3.8, 4) is 0 Å². The van der Waals surface area contributed by atoms with Gasteiger partial charge in [-0.15, -0.1) is 0 Å². The number of rotatable bonds is 2. The monoisotopic (exact) mass is 247 g/mol. The van der Waals surface area contributed by atoms with Gasteiger partial charge < -0.3 is 0 Å². The molecule has 0 radical (unpaired) electrons. The Hall–Kier alpha value is -0.880. The van der Waals surface area contributed by atoms with Gasteiger partial charge in [0.1, 0.15) is 0 Å². The van der Waals surface area contributed by atoms with Gasteiger partial charge in [0.05, 0.1) is 6.04 Å². The normalized spacial score (nSPS) is 40.2. The lowest BCUT2D eigenvalue weighted by atomic mass is 9.54. The molecule has 2 heteroatoms. The maximum absolute atomic E-state index is 10.8. The van der Waals surface area contributed by atoms with Gasteiger partial charge in [-0.05, 0) is 49.4 Å². The Morgan fingerprint density at radius 2 is 2.17 bits per heavy atom. The number of nitrogens with zero attached hydrogens (tertiary/aromatic N) is 1. The predicted molar refractivity (Wildman–Crippen MR) is 74.1 cm³/mol. The lowest BCUT2D eigenvalue weighted by Crippen LogP contribution is -2.48. The quantitative estimate of drug-likeness (QED) is 0.410. The fourth-order valence-electron chi connectivity index (χ4n) is 4.33. The SMILES string of the molecule is C=C1CCC[C@]2(C)CC[C@@H](C(C)C)[C@H](N=C=O)[C@@H]12. The number of hydrogen-bond acceptors (Lipinski definition) is 2. The minimum Gasteiger partial charge on any atom is -0.211 e. The van der Waals surface area contributed by atoms with Crippen molar-refractivity contribution in [1.82, 2.24) is 0 Å². The van der Waals surface area contributed by atoms with Crippen molar-refractivity contribution in [2.45, 2.75) is 58.9 Å². The molecular weight excluding hydrogens is 222 g/mol. The Kier molecular flexibility index (Phi) is 3.77. The summed E-state index contributed by atoms with van der Waals surface area (Å²) in [7, 11) is 0. The zero-order valence-electron chi connectivity index (χ0n) is 11.9. The van der Waals surface area contributed by atoms with Crippen molar-refractivity contribution >= 4 is 6.08 Å². The van der Waals surface area contributed by atoms with Crippen LogP contribution in [0.1, 0.15) is 52.9 Å². The highest BCUT2D eigenvalue weighted by Crippen LogP contribution is 2.55. The fourth-order valence-corrected chi connectivity index (χ4v) is 4.33. The molecule has 2 saturated carbocycles. The van der Waals surface area contributed by atoms with Crippen LogP contribution >= 0.6 is 0 Å². The minimum atomic E-state index is 0.119. The van der Waals surface area contributed by atoms with E-state index in [1.54, 1.807) is 0 Å². The second kappa shape index (κ2) is 5.01. The molecule has 0 aromatic carbocycles. The molecule has 0 bridgehead atoms. The van der Waals surface area contributed by atoms with E-state index < -0.39 is 0 Å². The summed E-state index contributed by atoms with van der Waals surface area (Å²) in [5, 5.41) is 0. The van der Waals surface area contributed by atoms with Crippen LogP contribution in [0.15, 0.2) is 17.1 Å². The van der Waals surface area contributed by atoms with Gasteiger partial charge >= 0.3 is 0 Å². The molecule has 0 aliphatic heterocycles. The van der Waals surface area contributed by atoms with Gasteiger partial charge in [-0.1, -0.05) is 32.9 Å². The second-order valence-electron chi connectivity index (χ2n) is 6.80. The smallest absolute Gasteiger partial charge is 0.211 e. The van der Waals surface area contributed by atoms with Crippen molar-refractivity contribution in [3.05, 3.63) is 12.2 Å². The van der Waals surface area contributed by atoms with Crippen LogP contribution in [0.4, 0.5) is 0 Å². The van der Waals surface area contributed by atoms with Gasteiger partial charge in [-0.25, -0.2) is 9.79 Å². The van der Waals surface area contributed by atoms with Crippen LogP contribution in [-0.4, -0.2) is 12.1 Å². The Morgan fingerprint density at radius 3 is 2.78 bits per heavy atom.